The molecule has 4 nitrogen and oxygen atoms in total. The molecule has 2 aromatic rings. The summed E-state index contributed by atoms with van der Waals surface area (Å²) in [6.07, 6.45) is 0. The van der Waals surface area contributed by atoms with E-state index in [-0.39, 0.29) is 6.04 Å². The van der Waals surface area contributed by atoms with Crippen LogP contribution in [-0.4, -0.2) is 13.2 Å². The quantitative estimate of drug-likeness (QED) is 0.674. The molecule has 5 heteroatoms. The summed E-state index contributed by atoms with van der Waals surface area (Å²) in [5, 5.41) is 0.694. The standard InChI is InChI=1S/C15H15ClN2O2/c16-11-6-4-10(5-7-11)14(18-17)12-2-1-3-13-15(12)20-9-8-19-13/h1-7,14,18H,8-9,17H2. The van der Waals surface area contributed by atoms with E-state index < -0.39 is 0 Å². The van der Waals surface area contributed by atoms with Crippen molar-refractivity contribution in [3.63, 3.8) is 0 Å². The number of para-hydroxylation sites is 1. The fourth-order valence-corrected chi connectivity index (χ4v) is 2.47. The summed E-state index contributed by atoms with van der Waals surface area (Å²) >= 11 is 5.92. The van der Waals surface area contributed by atoms with Gasteiger partial charge < -0.3 is 9.47 Å². The van der Waals surface area contributed by atoms with Gasteiger partial charge in [0.15, 0.2) is 11.5 Å². The molecule has 0 amide bonds. The summed E-state index contributed by atoms with van der Waals surface area (Å²) in [5.74, 6) is 7.23. The number of rotatable bonds is 3. The van der Waals surface area contributed by atoms with Crippen molar-refractivity contribution in [3.05, 3.63) is 58.6 Å². The Morgan fingerprint density at radius 3 is 2.55 bits per heavy atom. The third-order valence-corrected chi connectivity index (χ3v) is 3.53. The molecule has 1 heterocycles. The second kappa shape index (κ2) is 5.71. The van der Waals surface area contributed by atoms with Gasteiger partial charge in [-0.15, -0.1) is 0 Å². The number of nitrogens with one attached hydrogen (secondary N) is 1. The Bertz CT molecular complexity index is 601. The predicted octanol–water partition coefficient (Wildman–Crippen LogP) is 2.66. The van der Waals surface area contributed by atoms with Gasteiger partial charge in [-0.05, 0) is 23.8 Å². The first-order valence-electron chi connectivity index (χ1n) is 6.39. The smallest absolute Gasteiger partial charge is 0.166 e. The number of nitrogens with two attached hydrogens (primary N) is 1. The van der Waals surface area contributed by atoms with Gasteiger partial charge in [0, 0.05) is 10.6 Å². The second-order valence-electron chi connectivity index (χ2n) is 4.52. The van der Waals surface area contributed by atoms with Crippen LogP contribution in [0, 0.1) is 0 Å². The van der Waals surface area contributed by atoms with Crippen molar-refractivity contribution in [2.45, 2.75) is 6.04 Å². The Morgan fingerprint density at radius 2 is 1.80 bits per heavy atom. The molecule has 1 unspecified atom stereocenters. The molecule has 20 heavy (non-hydrogen) atoms. The van der Waals surface area contributed by atoms with E-state index in [0.717, 1.165) is 22.6 Å². The number of hydrogen-bond donors (Lipinski definition) is 2. The Hall–Kier alpha value is -1.75. The first-order chi connectivity index (χ1) is 9.79. The van der Waals surface area contributed by atoms with Crippen LogP contribution in [0.4, 0.5) is 0 Å². The van der Waals surface area contributed by atoms with Gasteiger partial charge in [-0.1, -0.05) is 35.9 Å². The minimum absolute atomic E-state index is 0.177. The lowest BCUT2D eigenvalue weighted by molar-refractivity contribution is 0.169. The second-order valence-corrected chi connectivity index (χ2v) is 4.96. The number of hydrogen-bond acceptors (Lipinski definition) is 4. The van der Waals surface area contributed by atoms with Crippen LogP contribution in [0.25, 0.3) is 0 Å². The zero-order chi connectivity index (χ0) is 13.9. The van der Waals surface area contributed by atoms with Crippen molar-refractivity contribution in [3.8, 4) is 11.5 Å². The first-order valence-corrected chi connectivity index (χ1v) is 6.77. The molecule has 104 valence electrons. The van der Waals surface area contributed by atoms with Crippen molar-refractivity contribution < 1.29 is 9.47 Å². The molecular weight excluding hydrogens is 276 g/mol. The summed E-state index contributed by atoms with van der Waals surface area (Å²) in [5.41, 5.74) is 4.79. The maximum atomic E-state index is 5.92. The van der Waals surface area contributed by atoms with Crippen molar-refractivity contribution in [2.75, 3.05) is 13.2 Å². The molecule has 0 bridgehead atoms. The fourth-order valence-electron chi connectivity index (χ4n) is 2.34. The van der Waals surface area contributed by atoms with Crippen LogP contribution >= 0.6 is 11.6 Å². The SMILES string of the molecule is NNC(c1ccc(Cl)cc1)c1cccc2c1OCCO2. The summed E-state index contributed by atoms with van der Waals surface area (Å²) in [6.45, 7) is 1.11. The highest BCUT2D eigenvalue weighted by Crippen LogP contribution is 2.38. The molecule has 0 spiro atoms. The molecule has 0 saturated heterocycles. The van der Waals surface area contributed by atoms with E-state index in [1.54, 1.807) is 0 Å². The third-order valence-electron chi connectivity index (χ3n) is 3.28. The number of ether oxygens (including phenoxy) is 2. The van der Waals surface area contributed by atoms with Gasteiger partial charge in [-0.25, -0.2) is 5.43 Å². The molecule has 0 aliphatic carbocycles. The van der Waals surface area contributed by atoms with Crippen LogP contribution in [0.1, 0.15) is 17.2 Å². The molecule has 3 N–H and O–H groups in total. The fraction of sp³-hybridized carbons (Fsp3) is 0.200. The summed E-state index contributed by atoms with van der Waals surface area (Å²) in [6, 6.07) is 13.2. The van der Waals surface area contributed by atoms with E-state index in [1.807, 2.05) is 42.5 Å². The summed E-state index contributed by atoms with van der Waals surface area (Å²) in [7, 11) is 0. The van der Waals surface area contributed by atoms with Gasteiger partial charge in [0.1, 0.15) is 13.2 Å². The number of hydrazine groups is 1. The number of fused-ring (bicyclic) bond motifs is 1. The van der Waals surface area contributed by atoms with Gasteiger partial charge in [-0.3, -0.25) is 5.84 Å². The Kier molecular flexibility index (Phi) is 3.78. The van der Waals surface area contributed by atoms with Crippen molar-refractivity contribution in [1.82, 2.24) is 5.43 Å². The van der Waals surface area contributed by atoms with Crippen LogP contribution in [-0.2, 0) is 0 Å². The molecule has 2 aromatic carbocycles. The molecule has 3 rings (SSSR count). The van der Waals surface area contributed by atoms with Gasteiger partial charge in [0.05, 0.1) is 6.04 Å². The molecular formula is C15H15ClN2O2. The van der Waals surface area contributed by atoms with E-state index in [2.05, 4.69) is 5.43 Å². The Morgan fingerprint density at radius 1 is 1.05 bits per heavy atom. The molecule has 1 aliphatic heterocycles. The zero-order valence-corrected chi connectivity index (χ0v) is 11.6. The Balaban J connectivity index is 2.03. The molecule has 1 atom stereocenters. The van der Waals surface area contributed by atoms with E-state index in [9.17, 15) is 0 Å². The average Bonchev–Trinajstić information content (AvgIpc) is 2.50. The zero-order valence-electron chi connectivity index (χ0n) is 10.8. The maximum absolute atomic E-state index is 5.92. The van der Waals surface area contributed by atoms with E-state index in [1.165, 1.54) is 0 Å². The highest BCUT2D eigenvalue weighted by atomic mass is 35.5. The molecule has 0 saturated carbocycles. The van der Waals surface area contributed by atoms with Gasteiger partial charge in [0.25, 0.3) is 0 Å². The predicted molar refractivity (Wildman–Crippen MR) is 78.1 cm³/mol. The van der Waals surface area contributed by atoms with E-state index in [4.69, 9.17) is 26.9 Å². The van der Waals surface area contributed by atoms with E-state index in [0.29, 0.717) is 18.2 Å². The lowest BCUT2D eigenvalue weighted by Crippen LogP contribution is -2.30. The topological polar surface area (TPSA) is 56.5 Å². The molecule has 1 aliphatic rings. The lowest BCUT2D eigenvalue weighted by atomic mass is 9.98. The van der Waals surface area contributed by atoms with Crippen LogP contribution in [0.3, 0.4) is 0 Å². The summed E-state index contributed by atoms with van der Waals surface area (Å²) in [4.78, 5) is 0. The van der Waals surface area contributed by atoms with Crippen molar-refractivity contribution in [2.24, 2.45) is 5.84 Å². The van der Waals surface area contributed by atoms with Crippen LogP contribution in [0.5, 0.6) is 11.5 Å². The highest BCUT2D eigenvalue weighted by Gasteiger charge is 2.22. The van der Waals surface area contributed by atoms with Gasteiger partial charge >= 0.3 is 0 Å². The van der Waals surface area contributed by atoms with Gasteiger partial charge in [0.2, 0.25) is 0 Å². The summed E-state index contributed by atoms with van der Waals surface area (Å²) < 4.78 is 11.3. The number of benzene rings is 2. The highest BCUT2D eigenvalue weighted by molar-refractivity contribution is 6.30. The normalized spacial score (nSPS) is 14.9. The third kappa shape index (κ3) is 2.45. The monoisotopic (exact) mass is 290 g/mol. The van der Waals surface area contributed by atoms with Crippen LogP contribution in [0.15, 0.2) is 42.5 Å². The minimum atomic E-state index is -0.177. The minimum Gasteiger partial charge on any atom is -0.486 e. The average molecular weight is 291 g/mol. The molecule has 0 aromatic heterocycles. The maximum Gasteiger partial charge on any atom is 0.166 e. The van der Waals surface area contributed by atoms with Crippen LogP contribution < -0.4 is 20.7 Å². The Labute approximate surface area is 122 Å². The number of halogens is 1. The van der Waals surface area contributed by atoms with Crippen molar-refractivity contribution in [1.29, 1.82) is 0 Å². The lowest BCUT2D eigenvalue weighted by Gasteiger charge is -2.25. The first kappa shape index (κ1) is 13.2. The van der Waals surface area contributed by atoms with Crippen molar-refractivity contribution >= 4 is 11.6 Å². The molecule has 0 fully saturated rings. The molecule has 0 radical (unpaired) electrons. The van der Waals surface area contributed by atoms with Gasteiger partial charge in [-0.2, -0.15) is 0 Å². The van der Waals surface area contributed by atoms with E-state index >= 15 is 0 Å². The van der Waals surface area contributed by atoms with Crippen LogP contribution in [0.2, 0.25) is 5.02 Å². The largest absolute Gasteiger partial charge is 0.486 e.